The van der Waals surface area contributed by atoms with E-state index < -0.39 is 74.9 Å². The Kier molecular flexibility index (Phi) is 12.5. The summed E-state index contributed by atoms with van der Waals surface area (Å²) in [4.78, 5) is 43.1. The van der Waals surface area contributed by atoms with Crippen molar-refractivity contribution in [2.75, 3.05) is 38.6 Å². The van der Waals surface area contributed by atoms with Crippen molar-refractivity contribution in [3.05, 3.63) is 54.5 Å². The van der Waals surface area contributed by atoms with Gasteiger partial charge in [0.1, 0.15) is 42.4 Å². The molecule has 2 aliphatic heterocycles. The number of halogens is 3. The average molecular weight is 782 g/mol. The highest BCUT2D eigenvalue weighted by Crippen LogP contribution is 2.50. The zero-order chi connectivity index (χ0) is 39.3. The van der Waals surface area contributed by atoms with Gasteiger partial charge in [-0.1, -0.05) is 18.2 Å². The first-order chi connectivity index (χ1) is 25.5. The first kappa shape index (κ1) is 40.4. The van der Waals surface area contributed by atoms with Crippen LogP contribution in [-0.4, -0.2) is 100 Å². The molecule has 4 heterocycles. The molecule has 0 aliphatic carbocycles. The van der Waals surface area contributed by atoms with Gasteiger partial charge in [0, 0.05) is 13.8 Å². The second-order valence-corrected chi connectivity index (χ2v) is 14.5. The Morgan fingerprint density at radius 1 is 1.13 bits per heavy atom. The van der Waals surface area contributed by atoms with Gasteiger partial charge in [-0.2, -0.15) is 28.6 Å². The monoisotopic (exact) mass is 781 g/mol. The molecular formula is C33H39F3N7O10P. The number of aromatic nitrogens is 3. The minimum absolute atomic E-state index is 0.0435. The van der Waals surface area contributed by atoms with Crippen molar-refractivity contribution in [3.63, 3.8) is 0 Å². The van der Waals surface area contributed by atoms with Crippen molar-refractivity contribution in [1.82, 2.24) is 24.6 Å². The summed E-state index contributed by atoms with van der Waals surface area (Å²) in [5, 5.41) is 17.3. The number of rotatable bonds is 14. The highest BCUT2D eigenvalue weighted by atomic mass is 31.2. The molecule has 6 atom stereocenters. The van der Waals surface area contributed by atoms with Gasteiger partial charge in [-0.3, -0.25) is 23.8 Å². The fraction of sp³-hybridized carbons (Fsp3) is 0.515. The Hall–Kier alpha value is -4.80. The van der Waals surface area contributed by atoms with E-state index in [1.807, 2.05) is 6.07 Å². The number of piperidine rings is 1. The molecule has 3 N–H and O–H groups in total. The second kappa shape index (κ2) is 16.7. The SMILES string of the molecule is CC(=O)O[C@@H]1[C@H](c2ccc3c(N)ncnn23)O[C@](C#N)(COP(=O)(N[C@@H](C)C(=O)OCC2CCN(CC(F)(F)F)CC2)Oc2ccccc2)[C@H]1OC(C)=O. The molecule has 1 unspecified atom stereocenters. The number of carbonyl (C=O) groups is 3. The molecule has 2 fully saturated rings. The van der Waals surface area contributed by atoms with E-state index in [-0.39, 0.29) is 42.9 Å². The standard InChI is InChI=1S/C33H39F3N7O10P/c1-20(31(46)48-15-23-11-13-42(14-12-23)17-33(34,35)36)41-54(47,53-24-7-5-4-6-8-24)49-18-32(16-37)29(51-22(3)45)28(50-21(2)44)27(52-32)25-9-10-26-30(38)39-19-40-43(25)26/h4-10,19-20,23,27-29H,11-15,17-18H2,1-3H3,(H,41,47)(H2,38,39,40)/t20-,27-,28+,29-,32+,54?/m0/s1. The fourth-order valence-electron chi connectivity index (χ4n) is 6.17. The summed E-state index contributed by atoms with van der Waals surface area (Å²) in [6.07, 6.45) is -6.84. The number of anilines is 1. The van der Waals surface area contributed by atoms with Crippen molar-refractivity contribution < 1.29 is 60.1 Å². The van der Waals surface area contributed by atoms with Gasteiger partial charge in [-0.15, -0.1) is 0 Å². The predicted octanol–water partition coefficient (Wildman–Crippen LogP) is 3.51. The quantitative estimate of drug-likeness (QED) is 0.136. The molecule has 292 valence electrons. The van der Waals surface area contributed by atoms with E-state index in [0.717, 1.165) is 13.8 Å². The second-order valence-electron chi connectivity index (χ2n) is 12.8. The molecule has 2 saturated heterocycles. The molecule has 2 aromatic heterocycles. The smallest absolute Gasteiger partial charge is 0.459 e. The lowest BCUT2D eigenvalue weighted by Gasteiger charge is -2.32. The maximum atomic E-state index is 14.4. The normalized spacial score (nSPS) is 23.9. The maximum Gasteiger partial charge on any atom is 0.459 e. The van der Waals surface area contributed by atoms with Crippen LogP contribution in [-0.2, 0) is 42.4 Å². The Balaban J connectivity index is 1.37. The number of hydrogen-bond acceptors (Lipinski definition) is 15. The third kappa shape index (κ3) is 9.84. The van der Waals surface area contributed by atoms with Crippen LogP contribution in [0.3, 0.4) is 0 Å². The minimum Gasteiger partial charge on any atom is -0.464 e. The van der Waals surface area contributed by atoms with Crippen LogP contribution in [0.15, 0.2) is 48.8 Å². The van der Waals surface area contributed by atoms with Gasteiger partial charge in [0.25, 0.3) is 0 Å². The Morgan fingerprint density at radius 3 is 2.44 bits per heavy atom. The number of ether oxygens (including phenoxy) is 4. The van der Waals surface area contributed by atoms with Gasteiger partial charge in [-0.05, 0) is 63.0 Å². The molecule has 2 aliphatic rings. The molecular weight excluding hydrogens is 742 g/mol. The van der Waals surface area contributed by atoms with Gasteiger partial charge >= 0.3 is 31.8 Å². The zero-order valence-electron chi connectivity index (χ0n) is 29.4. The summed E-state index contributed by atoms with van der Waals surface area (Å²) >= 11 is 0. The molecule has 0 saturated carbocycles. The van der Waals surface area contributed by atoms with Crippen LogP contribution in [0.5, 0.6) is 5.75 Å². The van der Waals surface area contributed by atoms with E-state index >= 15 is 0 Å². The third-order valence-corrected chi connectivity index (χ3v) is 10.3. The number of carbonyl (C=O) groups excluding carboxylic acids is 3. The third-order valence-electron chi connectivity index (χ3n) is 8.67. The van der Waals surface area contributed by atoms with Crippen molar-refractivity contribution in [2.24, 2.45) is 5.92 Å². The number of nitrogens with two attached hydrogens (primary N) is 1. The number of nitriles is 1. The number of fused-ring (bicyclic) bond motifs is 1. The Labute approximate surface area is 307 Å². The van der Waals surface area contributed by atoms with Gasteiger partial charge in [0.15, 0.2) is 18.0 Å². The van der Waals surface area contributed by atoms with Crippen LogP contribution < -0.4 is 15.3 Å². The van der Waals surface area contributed by atoms with Crippen LogP contribution in [0.1, 0.15) is 45.4 Å². The van der Waals surface area contributed by atoms with Crippen LogP contribution in [0.4, 0.5) is 19.0 Å². The summed E-state index contributed by atoms with van der Waals surface area (Å²) < 4.78 is 88.4. The highest BCUT2D eigenvalue weighted by molar-refractivity contribution is 7.52. The lowest BCUT2D eigenvalue weighted by atomic mass is 9.95. The highest BCUT2D eigenvalue weighted by Gasteiger charge is 2.62. The van der Waals surface area contributed by atoms with Gasteiger partial charge in [0.05, 0.1) is 18.8 Å². The first-order valence-corrected chi connectivity index (χ1v) is 18.3. The van der Waals surface area contributed by atoms with E-state index in [4.69, 9.17) is 33.7 Å². The van der Waals surface area contributed by atoms with Gasteiger partial charge in [0.2, 0.25) is 5.60 Å². The molecule has 3 aromatic rings. The largest absolute Gasteiger partial charge is 0.464 e. The molecule has 17 nitrogen and oxygen atoms in total. The van der Waals surface area contributed by atoms with Gasteiger partial charge < -0.3 is 29.2 Å². The molecule has 5 rings (SSSR count). The van der Waals surface area contributed by atoms with Crippen LogP contribution in [0, 0.1) is 17.2 Å². The van der Waals surface area contributed by atoms with E-state index in [2.05, 4.69) is 15.2 Å². The number of esters is 3. The van der Waals surface area contributed by atoms with Crippen molar-refractivity contribution >= 4 is 37.0 Å². The molecule has 54 heavy (non-hydrogen) atoms. The van der Waals surface area contributed by atoms with E-state index in [9.17, 15) is 37.4 Å². The summed E-state index contributed by atoms with van der Waals surface area (Å²) in [5.74, 6) is -2.60. The Bertz CT molecular complexity index is 1900. The number of hydrogen-bond donors (Lipinski definition) is 2. The lowest BCUT2D eigenvalue weighted by Crippen LogP contribution is -2.49. The number of likely N-dealkylation sites (tertiary alicyclic amines) is 1. The van der Waals surface area contributed by atoms with E-state index in [0.29, 0.717) is 18.4 Å². The van der Waals surface area contributed by atoms with Crippen LogP contribution in [0.2, 0.25) is 0 Å². The fourth-order valence-corrected chi connectivity index (χ4v) is 7.69. The summed E-state index contributed by atoms with van der Waals surface area (Å²) in [7, 11) is -4.66. The Morgan fingerprint density at radius 2 is 1.81 bits per heavy atom. The van der Waals surface area contributed by atoms with Crippen LogP contribution in [0.25, 0.3) is 5.52 Å². The van der Waals surface area contributed by atoms with Crippen molar-refractivity contribution in [2.45, 2.75) is 69.7 Å². The topological polar surface area (TPSA) is 219 Å². The minimum atomic E-state index is -4.66. The number of nitrogens with zero attached hydrogens (tertiary/aromatic N) is 5. The van der Waals surface area contributed by atoms with Crippen LogP contribution >= 0.6 is 7.75 Å². The molecule has 0 spiro atoms. The molecule has 0 amide bonds. The average Bonchev–Trinajstić information content (AvgIpc) is 3.66. The summed E-state index contributed by atoms with van der Waals surface area (Å²) in [6.45, 7) is 1.82. The van der Waals surface area contributed by atoms with Crippen molar-refractivity contribution in [1.29, 1.82) is 5.26 Å². The first-order valence-electron chi connectivity index (χ1n) is 16.8. The number of benzene rings is 1. The molecule has 0 bridgehead atoms. The number of nitrogens with one attached hydrogen (secondary N) is 1. The molecule has 1 aromatic carbocycles. The molecule has 21 heteroatoms. The summed E-state index contributed by atoms with van der Waals surface area (Å²) in [6, 6.07) is 11.4. The summed E-state index contributed by atoms with van der Waals surface area (Å²) in [5.41, 5.74) is 4.27. The van der Waals surface area contributed by atoms with Crippen molar-refractivity contribution in [3.8, 4) is 11.8 Å². The number of nitrogen functional groups attached to an aromatic ring is 1. The number of para-hydroxylation sites is 1. The van der Waals surface area contributed by atoms with Gasteiger partial charge in [-0.25, -0.2) is 14.1 Å². The molecule has 0 radical (unpaired) electrons. The predicted molar refractivity (Wildman–Crippen MR) is 180 cm³/mol. The zero-order valence-corrected chi connectivity index (χ0v) is 30.3. The van der Waals surface area contributed by atoms with E-state index in [1.54, 1.807) is 24.3 Å². The van der Waals surface area contributed by atoms with E-state index in [1.165, 1.54) is 40.9 Å². The maximum absolute atomic E-state index is 14.4. The number of alkyl halides is 3. The lowest BCUT2D eigenvalue weighted by molar-refractivity contribution is -0.166.